The van der Waals surface area contributed by atoms with Gasteiger partial charge in [0.2, 0.25) is 0 Å². The molecule has 6 heteroatoms. The topological polar surface area (TPSA) is 46.5 Å². The minimum Gasteiger partial charge on any atom is -0.426 e. The predicted octanol–water partition coefficient (Wildman–Crippen LogP) is 3.80. The molecule has 0 saturated carbocycles. The van der Waals surface area contributed by atoms with Crippen molar-refractivity contribution in [1.82, 2.24) is 0 Å². The molecular formula is C15H19F3O3. The van der Waals surface area contributed by atoms with Crippen molar-refractivity contribution in [3.05, 3.63) is 29.8 Å². The van der Waals surface area contributed by atoms with E-state index in [0.29, 0.717) is 13.3 Å². The van der Waals surface area contributed by atoms with Gasteiger partial charge in [0, 0.05) is 0 Å². The van der Waals surface area contributed by atoms with E-state index >= 15 is 0 Å². The third-order valence-electron chi connectivity index (χ3n) is 3.60. The molecule has 0 fully saturated rings. The lowest BCUT2D eigenvalue weighted by Crippen LogP contribution is -2.39. The first kappa shape index (κ1) is 17.5. The van der Waals surface area contributed by atoms with E-state index in [-0.39, 0.29) is 11.3 Å². The lowest BCUT2D eigenvalue weighted by Gasteiger charge is -2.27. The van der Waals surface area contributed by atoms with Crippen molar-refractivity contribution in [2.75, 3.05) is 0 Å². The summed E-state index contributed by atoms with van der Waals surface area (Å²) in [6.45, 7) is 5.84. The van der Waals surface area contributed by atoms with Crippen LogP contribution in [0.4, 0.5) is 13.2 Å². The van der Waals surface area contributed by atoms with Gasteiger partial charge in [0.25, 0.3) is 0 Å². The maximum Gasteiger partial charge on any atom is 0.421 e. The van der Waals surface area contributed by atoms with Crippen LogP contribution in [0.1, 0.15) is 39.7 Å². The van der Waals surface area contributed by atoms with Crippen LogP contribution in [0.5, 0.6) is 5.75 Å². The first-order chi connectivity index (χ1) is 9.41. The second-order valence-electron chi connectivity index (χ2n) is 5.72. The summed E-state index contributed by atoms with van der Waals surface area (Å²) < 4.78 is 43.5. The summed E-state index contributed by atoms with van der Waals surface area (Å²) in [4.78, 5) is 11.9. The minimum absolute atomic E-state index is 0.0245. The standard InChI is InChI=1S/C15H19F3O3/c1-5-13(2,3)12(19)21-11-8-6-7-10(9-11)14(4,20)15(16,17)18/h6-9,20H,5H2,1-4H3. The number of alkyl halides is 3. The highest BCUT2D eigenvalue weighted by molar-refractivity contribution is 5.78. The van der Waals surface area contributed by atoms with Crippen LogP contribution in [0, 0.1) is 5.41 Å². The number of carbonyl (C=O) groups is 1. The third kappa shape index (κ3) is 3.75. The number of halogens is 3. The minimum atomic E-state index is -4.82. The summed E-state index contributed by atoms with van der Waals surface area (Å²) in [5, 5.41) is 9.62. The number of hydrogen-bond donors (Lipinski definition) is 1. The number of hydrogen-bond acceptors (Lipinski definition) is 3. The molecular weight excluding hydrogens is 285 g/mol. The number of carbonyl (C=O) groups excluding carboxylic acids is 1. The van der Waals surface area contributed by atoms with Gasteiger partial charge in [-0.15, -0.1) is 0 Å². The molecule has 3 nitrogen and oxygen atoms in total. The number of aliphatic hydroxyl groups is 1. The van der Waals surface area contributed by atoms with E-state index in [0.717, 1.165) is 12.1 Å². The van der Waals surface area contributed by atoms with Crippen LogP contribution in [0.2, 0.25) is 0 Å². The summed E-state index contributed by atoms with van der Waals surface area (Å²) in [5.41, 5.74) is -4.12. The molecule has 0 spiro atoms. The van der Waals surface area contributed by atoms with Crippen LogP contribution < -0.4 is 4.74 Å². The molecule has 0 bridgehead atoms. The van der Waals surface area contributed by atoms with E-state index in [9.17, 15) is 23.1 Å². The highest BCUT2D eigenvalue weighted by atomic mass is 19.4. The van der Waals surface area contributed by atoms with Crippen molar-refractivity contribution in [2.45, 2.75) is 45.9 Å². The zero-order chi connectivity index (χ0) is 16.5. The quantitative estimate of drug-likeness (QED) is 0.680. The van der Waals surface area contributed by atoms with Crippen molar-refractivity contribution in [1.29, 1.82) is 0 Å². The summed E-state index contributed by atoms with van der Waals surface area (Å²) in [7, 11) is 0. The van der Waals surface area contributed by atoms with E-state index in [1.807, 2.05) is 6.92 Å². The van der Waals surface area contributed by atoms with Crippen molar-refractivity contribution >= 4 is 5.97 Å². The zero-order valence-electron chi connectivity index (χ0n) is 12.4. The van der Waals surface area contributed by atoms with E-state index in [1.165, 1.54) is 12.1 Å². The van der Waals surface area contributed by atoms with Gasteiger partial charge in [0.05, 0.1) is 5.41 Å². The second kappa shape index (κ2) is 5.67. The van der Waals surface area contributed by atoms with Crippen LogP contribution in [0.3, 0.4) is 0 Å². The molecule has 0 aromatic heterocycles. The van der Waals surface area contributed by atoms with Gasteiger partial charge in [-0.1, -0.05) is 19.1 Å². The molecule has 0 saturated heterocycles. The van der Waals surface area contributed by atoms with Crippen LogP contribution in [0.15, 0.2) is 24.3 Å². The fourth-order valence-electron chi connectivity index (χ4n) is 1.42. The third-order valence-corrected chi connectivity index (χ3v) is 3.60. The molecule has 0 amide bonds. The first-order valence-corrected chi connectivity index (χ1v) is 6.53. The molecule has 1 unspecified atom stereocenters. The molecule has 0 heterocycles. The SMILES string of the molecule is CCC(C)(C)C(=O)Oc1cccc(C(C)(O)C(F)(F)F)c1. The molecule has 1 atom stereocenters. The Balaban J connectivity index is 3.05. The maximum absolute atomic E-state index is 12.8. The molecule has 1 rings (SSSR count). The number of ether oxygens (including phenoxy) is 1. The smallest absolute Gasteiger partial charge is 0.421 e. The molecule has 1 aromatic carbocycles. The molecule has 0 aliphatic rings. The molecule has 118 valence electrons. The molecule has 1 N–H and O–H groups in total. The van der Waals surface area contributed by atoms with Gasteiger partial charge in [0.1, 0.15) is 5.75 Å². The zero-order valence-corrected chi connectivity index (χ0v) is 12.4. The van der Waals surface area contributed by atoms with Crippen molar-refractivity contribution in [3.63, 3.8) is 0 Å². The Bertz CT molecular complexity index is 519. The molecule has 1 aromatic rings. The van der Waals surface area contributed by atoms with Gasteiger partial charge in [0.15, 0.2) is 5.60 Å². The number of rotatable bonds is 4. The Morgan fingerprint density at radius 3 is 2.29 bits per heavy atom. The van der Waals surface area contributed by atoms with E-state index in [1.54, 1.807) is 13.8 Å². The Labute approximate surface area is 121 Å². The molecule has 21 heavy (non-hydrogen) atoms. The summed E-state index contributed by atoms with van der Waals surface area (Å²) in [6.07, 6.45) is -4.29. The normalized spacial score (nSPS) is 15.4. The monoisotopic (exact) mass is 304 g/mol. The average Bonchev–Trinajstić information content (AvgIpc) is 2.37. The molecule has 0 aliphatic heterocycles. The molecule has 0 radical (unpaired) electrons. The van der Waals surface area contributed by atoms with Gasteiger partial charge in [-0.25, -0.2) is 0 Å². The lowest BCUT2D eigenvalue weighted by atomic mass is 9.90. The van der Waals surface area contributed by atoms with Crippen LogP contribution in [-0.4, -0.2) is 17.3 Å². The maximum atomic E-state index is 12.8. The highest BCUT2D eigenvalue weighted by Gasteiger charge is 2.51. The second-order valence-corrected chi connectivity index (χ2v) is 5.72. The van der Waals surface area contributed by atoms with Crippen LogP contribution >= 0.6 is 0 Å². The Hall–Kier alpha value is -1.56. The summed E-state index contributed by atoms with van der Waals surface area (Å²) in [5.74, 6) is -0.558. The summed E-state index contributed by atoms with van der Waals surface area (Å²) >= 11 is 0. The van der Waals surface area contributed by atoms with E-state index in [2.05, 4.69) is 0 Å². The van der Waals surface area contributed by atoms with Crippen molar-refractivity contribution in [3.8, 4) is 5.75 Å². The highest BCUT2D eigenvalue weighted by Crippen LogP contribution is 2.39. The Morgan fingerprint density at radius 2 is 1.81 bits per heavy atom. The predicted molar refractivity (Wildman–Crippen MR) is 71.8 cm³/mol. The fourth-order valence-corrected chi connectivity index (χ4v) is 1.42. The van der Waals surface area contributed by atoms with Crippen molar-refractivity contribution < 1.29 is 27.8 Å². The van der Waals surface area contributed by atoms with Gasteiger partial charge in [-0.2, -0.15) is 13.2 Å². The fraction of sp³-hybridized carbons (Fsp3) is 0.533. The lowest BCUT2D eigenvalue weighted by molar-refractivity contribution is -0.258. The van der Waals surface area contributed by atoms with Crippen molar-refractivity contribution in [2.24, 2.45) is 5.41 Å². The Kier molecular flexibility index (Phi) is 4.73. The van der Waals surface area contributed by atoms with Gasteiger partial charge >= 0.3 is 12.1 Å². The van der Waals surface area contributed by atoms with Gasteiger partial charge in [-0.3, -0.25) is 4.79 Å². The van der Waals surface area contributed by atoms with Gasteiger partial charge in [-0.05, 0) is 44.9 Å². The largest absolute Gasteiger partial charge is 0.426 e. The van der Waals surface area contributed by atoms with Crippen LogP contribution in [-0.2, 0) is 10.4 Å². The number of benzene rings is 1. The van der Waals surface area contributed by atoms with Crippen LogP contribution in [0.25, 0.3) is 0 Å². The Morgan fingerprint density at radius 1 is 1.24 bits per heavy atom. The first-order valence-electron chi connectivity index (χ1n) is 6.53. The van der Waals surface area contributed by atoms with Gasteiger partial charge < -0.3 is 9.84 Å². The summed E-state index contributed by atoms with van der Waals surface area (Å²) in [6, 6.07) is 4.84. The average molecular weight is 304 g/mol. The molecule has 0 aliphatic carbocycles. The van der Waals surface area contributed by atoms with E-state index < -0.39 is 23.2 Å². The number of esters is 1. The van der Waals surface area contributed by atoms with E-state index in [4.69, 9.17) is 4.74 Å².